The number of rotatable bonds is 4. The molecule has 0 spiro atoms. The summed E-state index contributed by atoms with van der Waals surface area (Å²) in [5.74, 6) is -1.10. The third kappa shape index (κ3) is 3.09. The van der Waals surface area contributed by atoms with Crippen molar-refractivity contribution in [1.29, 1.82) is 0 Å². The van der Waals surface area contributed by atoms with Crippen LogP contribution >= 0.6 is 11.6 Å². The molecule has 0 aliphatic heterocycles. The first-order valence-corrected chi connectivity index (χ1v) is 7.28. The van der Waals surface area contributed by atoms with Crippen molar-refractivity contribution >= 4 is 11.6 Å². The smallest absolute Gasteiger partial charge is 0.134 e. The van der Waals surface area contributed by atoms with Gasteiger partial charge < -0.3 is 5.32 Å². The molecular weight excluding hydrogens is 292 g/mol. The molecule has 0 aromatic heterocycles. The van der Waals surface area contributed by atoms with Gasteiger partial charge >= 0.3 is 0 Å². The molecular formula is C17H18ClF2N. The van der Waals surface area contributed by atoms with Gasteiger partial charge in [0.2, 0.25) is 0 Å². The zero-order valence-corrected chi connectivity index (χ0v) is 13.1. The maximum absolute atomic E-state index is 14.4. The summed E-state index contributed by atoms with van der Waals surface area (Å²) in [4.78, 5) is 0. The van der Waals surface area contributed by atoms with Crippen molar-refractivity contribution in [2.75, 3.05) is 6.54 Å². The largest absolute Gasteiger partial charge is 0.306 e. The van der Waals surface area contributed by atoms with Crippen LogP contribution in [0.3, 0.4) is 0 Å². The molecule has 0 aliphatic rings. The number of aryl methyl sites for hydroxylation is 2. The lowest BCUT2D eigenvalue weighted by atomic mass is 9.94. The zero-order valence-electron chi connectivity index (χ0n) is 12.3. The van der Waals surface area contributed by atoms with Gasteiger partial charge in [0.25, 0.3) is 0 Å². The van der Waals surface area contributed by atoms with Gasteiger partial charge in [-0.1, -0.05) is 42.8 Å². The highest BCUT2D eigenvalue weighted by Gasteiger charge is 2.24. The van der Waals surface area contributed by atoms with E-state index in [1.165, 1.54) is 12.1 Å². The average Bonchev–Trinajstić information content (AvgIpc) is 2.45. The van der Waals surface area contributed by atoms with Crippen molar-refractivity contribution in [3.63, 3.8) is 0 Å². The van der Waals surface area contributed by atoms with Crippen LogP contribution in [0.1, 0.15) is 35.2 Å². The summed E-state index contributed by atoms with van der Waals surface area (Å²) in [6, 6.07) is 7.63. The van der Waals surface area contributed by atoms with Gasteiger partial charge in [-0.2, -0.15) is 0 Å². The Hall–Kier alpha value is -1.45. The number of nitrogens with one attached hydrogen (secondary N) is 1. The number of benzene rings is 2. The van der Waals surface area contributed by atoms with E-state index in [0.717, 1.165) is 5.56 Å². The number of hydrogen-bond acceptors (Lipinski definition) is 1. The van der Waals surface area contributed by atoms with E-state index < -0.39 is 17.7 Å². The van der Waals surface area contributed by atoms with Gasteiger partial charge in [-0.3, -0.25) is 0 Å². The average molecular weight is 310 g/mol. The van der Waals surface area contributed by atoms with Crippen molar-refractivity contribution in [2.45, 2.75) is 26.8 Å². The van der Waals surface area contributed by atoms with E-state index in [1.54, 1.807) is 13.0 Å². The standard InChI is InChI=1S/C17H18ClF2N/c1-4-21-17(12-7-5-6-10(2)15(12)18)14-13(19)9-8-11(3)16(14)20/h5-9,17,21H,4H2,1-3H3. The third-order valence-electron chi connectivity index (χ3n) is 3.55. The van der Waals surface area contributed by atoms with Gasteiger partial charge in [0.15, 0.2) is 0 Å². The zero-order chi connectivity index (χ0) is 15.6. The molecule has 1 unspecified atom stereocenters. The van der Waals surface area contributed by atoms with Crippen LogP contribution < -0.4 is 5.32 Å². The molecule has 1 atom stereocenters. The van der Waals surface area contributed by atoms with Crippen molar-refractivity contribution < 1.29 is 8.78 Å². The minimum Gasteiger partial charge on any atom is -0.306 e. The van der Waals surface area contributed by atoms with Crippen LogP contribution in [0.5, 0.6) is 0 Å². The lowest BCUT2D eigenvalue weighted by Gasteiger charge is -2.22. The highest BCUT2D eigenvalue weighted by Crippen LogP contribution is 2.33. The second kappa shape index (κ2) is 6.54. The van der Waals surface area contributed by atoms with Gasteiger partial charge in [-0.15, -0.1) is 0 Å². The molecule has 0 saturated carbocycles. The lowest BCUT2D eigenvalue weighted by molar-refractivity contribution is 0.506. The third-order valence-corrected chi connectivity index (χ3v) is 4.07. The van der Waals surface area contributed by atoms with Crippen molar-refractivity contribution in [3.8, 4) is 0 Å². The predicted octanol–water partition coefficient (Wildman–Crippen LogP) is 4.93. The molecule has 2 rings (SSSR count). The molecule has 2 aromatic carbocycles. The van der Waals surface area contributed by atoms with Crippen molar-refractivity contribution in [3.05, 3.63) is 69.2 Å². The Morgan fingerprint density at radius 2 is 1.81 bits per heavy atom. The maximum atomic E-state index is 14.4. The van der Waals surface area contributed by atoms with Gasteiger partial charge in [0.05, 0.1) is 6.04 Å². The molecule has 0 bridgehead atoms. The van der Waals surface area contributed by atoms with E-state index in [1.807, 2.05) is 26.0 Å². The second-order valence-corrected chi connectivity index (χ2v) is 5.44. The summed E-state index contributed by atoms with van der Waals surface area (Å²) in [5, 5.41) is 3.66. The number of halogens is 3. The molecule has 0 amide bonds. The Labute approximate surface area is 128 Å². The lowest BCUT2D eigenvalue weighted by Crippen LogP contribution is -2.25. The normalized spacial score (nSPS) is 12.5. The fourth-order valence-electron chi connectivity index (χ4n) is 2.41. The summed E-state index contributed by atoms with van der Waals surface area (Å²) >= 11 is 6.33. The number of hydrogen-bond donors (Lipinski definition) is 1. The van der Waals surface area contributed by atoms with Crippen molar-refractivity contribution in [2.24, 2.45) is 0 Å². The van der Waals surface area contributed by atoms with Crippen LogP contribution in [0.15, 0.2) is 30.3 Å². The molecule has 0 heterocycles. The second-order valence-electron chi connectivity index (χ2n) is 5.06. The van der Waals surface area contributed by atoms with E-state index in [-0.39, 0.29) is 5.56 Å². The van der Waals surface area contributed by atoms with Gasteiger partial charge in [0, 0.05) is 10.6 Å². The van der Waals surface area contributed by atoms with E-state index >= 15 is 0 Å². The van der Waals surface area contributed by atoms with Crippen LogP contribution in [-0.4, -0.2) is 6.54 Å². The molecule has 0 fully saturated rings. The molecule has 112 valence electrons. The molecule has 2 aromatic rings. The summed E-state index contributed by atoms with van der Waals surface area (Å²) in [6.45, 7) is 5.96. The molecule has 1 nitrogen and oxygen atoms in total. The first-order chi connectivity index (χ1) is 9.97. The van der Waals surface area contributed by atoms with E-state index in [4.69, 9.17) is 11.6 Å². The van der Waals surface area contributed by atoms with Crippen LogP contribution in [0.4, 0.5) is 8.78 Å². The van der Waals surface area contributed by atoms with Crippen LogP contribution in [0.2, 0.25) is 5.02 Å². The van der Waals surface area contributed by atoms with Gasteiger partial charge in [-0.05, 0) is 43.1 Å². The molecule has 0 saturated heterocycles. The van der Waals surface area contributed by atoms with E-state index in [9.17, 15) is 8.78 Å². The quantitative estimate of drug-likeness (QED) is 0.844. The predicted molar refractivity (Wildman–Crippen MR) is 82.8 cm³/mol. The van der Waals surface area contributed by atoms with Crippen LogP contribution in [0.25, 0.3) is 0 Å². The van der Waals surface area contributed by atoms with Crippen LogP contribution in [0, 0.1) is 25.5 Å². The van der Waals surface area contributed by atoms with Crippen LogP contribution in [-0.2, 0) is 0 Å². The Kier molecular flexibility index (Phi) is 4.96. The molecule has 0 aliphatic carbocycles. The summed E-state index contributed by atoms with van der Waals surface area (Å²) in [6.07, 6.45) is 0. The van der Waals surface area contributed by atoms with Crippen molar-refractivity contribution in [1.82, 2.24) is 5.32 Å². The van der Waals surface area contributed by atoms with Gasteiger partial charge in [0.1, 0.15) is 11.6 Å². The first kappa shape index (κ1) is 15.9. The summed E-state index contributed by atoms with van der Waals surface area (Å²) < 4.78 is 28.6. The fraction of sp³-hybridized carbons (Fsp3) is 0.294. The van der Waals surface area contributed by atoms with E-state index in [0.29, 0.717) is 22.7 Å². The Balaban J connectivity index is 2.65. The summed E-state index contributed by atoms with van der Waals surface area (Å²) in [5.41, 5.74) is 2.00. The monoisotopic (exact) mass is 309 g/mol. The Morgan fingerprint density at radius 3 is 2.48 bits per heavy atom. The molecule has 21 heavy (non-hydrogen) atoms. The maximum Gasteiger partial charge on any atom is 0.134 e. The van der Waals surface area contributed by atoms with Gasteiger partial charge in [-0.25, -0.2) is 8.78 Å². The minimum atomic E-state index is -0.609. The first-order valence-electron chi connectivity index (χ1n) is 6.90. The Morgan fingerprint density at radius 1 is 1.10 bits per heavy atom. The SMILES string of the molecule is CCNC(c1cccc(C)c1Cl)c1c(F)ccc(C)c1F. The highest BCUT2D eigenvalue weighted by atomic mass is 35.5. The summed E-state index contributed by atoms with van der Waals surface area (Å²) in [7, 11) is 0. The highest BCUT2D eigenvalue weighted by molar-refractivity contribution is 6.32. The fourth-order valence-corrected chi connectivity index (χ4v) is 2.64. The minimum absolute atomic E-state index is 0.0179. The molecule has 4 heteroatoms. The Bertz CT molecular complexity index is 655. The van der Waals surface area contributed by atoms with E-state index in [2.05, 4.69) is 5.32 Å². The topological polar surface area (TPSA) is 12.0 Å². The molecule has 1 N–H and O–H groups in total. The molecule has 0 radical (unpaired) electrons.